The van der Waals surface area contributed by atoms with E-state index in [1.54, 1.807) is 11.0 Å². The number of hydrogen-bond acceptors (Lipinski definition) is 7. The topological polar surface area (TPSA) is 123 Å². The molecule has 2 aromatic rings. The molecule has 1 saturated heterocycles. The SMILES string of the molecule is O=C(c1ccc([N+](=O)[O-])cc1)N1CCN(c2ccc([N+](=O)[O-])nc2)CC1. The Hall–Kier alpha value is -3.56. The molecule has 26 heavy (non-hydrogen) atoms. The van der Waals surface area contributed by atoms with E-state index in [9.17, 15) is 25.0 Å². The van der Waals surface area contributed by atoms with Gasteiger partial charge in [0.15, 0.2) is 6.20 Å². The highest BCUT2D eigenvalue weighted by molar-refractivity contribution is 5.94. The van der Waals surface area contributed by atoms with Gasteiger partial charge in [0.05, 0.1) is 10.6 Å². The van der Waals surface area contributed by atoms with Gasteiger partial charge >= 0.3 is 5.82 Å². The number of nitrogens with zero attached hydrogens (tertiary/aromatic N) is 5. The van der Waals surface area contributed by atoms with E-state index in [0.717, 1.165) is 5.69 Å². The molecule has 1 amide bonds. The van der Waals surface area contributed by atoms with Crippen LogP contribution in [0.15, 0.2) is 42.6 Å². The van der Waals surface area contributed by atoms with E-state index in [0.29, 0.717) is 31.7 Å². The Kier molecular flexibility index (Phi) is 4.74. The van der Waals surface area contributed by atoms with Crippen molar-refractivity contribution in [2.24, 2.45) is 0 Å². The number of piperazine rings is 1. The molecule has 1 aromatic heterocycles. The van der Waals surface area contributed by atoms with Crippen LogP contribution in [0.2, 0.25) is 0 Å². The smallest absolute Gasteiger partial charge is 0.363 e. The third kappa shape index (κ3) is 3.58. The predicted molar refractivity (Wildman–Crippen MR) is 92.1 cm³/mol. The van der Waals surface area contributed by atoms with Crippen LogP contribution in [0.4, 0.5) is 17.2 Å². The number of nitro benzene ring substituents is 1. The lowest BCUT2D eigenvalue weighted by molar-refractivity contribution is -0.389. The number of carbonyl (C=O) groups excluding carboxylic acids is 1. The summed E-state index contributed by atoms with van der Waals surface area (Å²) >= 11 is 0. The van der Waals surface area contributed by atoms with Crippen LogP contribution in [-0.4, -0.2) is 51.8 Å². The Morgan fingerprint density at radius 1 is 0.923 bits per heavy atom. The molecule has 10 nitrogen and oxygen atoms in total. The summed E-state index contributed by atoms with van der Waals surface area (Å²) < 4.78 is 0. The summed E-state index contributed by atoms with van der Waals surface area (Å²) in [7, 11) is 0. The van der Waals surface area contributed by atoms with E-state index in [-0.39, 0.29) is 17.4 Å². The molecule has 10 heteroatoms. The van der Waals surface area contributed by atoms with E-state index in [2.05, 4.69) is 4.98 Å². The zero-order valence-electron chi connectivity index (χ0n) is 13.6. The largest absolute Gasteiger partial charge is 0.365 e. The van der Waals surface area contributed by atoms with Crippen LogP contribution < -0.4 is 4.90 Å². The summed E-state index contributed by atoms with van der Waals surface area (Å²) in [6.45, 7) is 2.09. The third-order valence-electron chi connectivity index (χ3n) is 4.18. The van der Waals surface area contributed by atoms with Crippen LogP contribution in [-0.2, 0) is 0 Å². The number of aromatic nitrogens is 1. The second-order valence-electron chi connectivity index (χ2n) is 5.71. The summed E-state index contributed by atoms with van der Waals surface area (Å²) in [4.78, 5) is 40.2. The van der Waals surface area contributed by atoms with E-state index >= 15 is 0 Å². The van der Waals surface area contributed by atoms with Crippen LogP contribution >= 0.6 is 0 Å². The number of carbonyl (C=O) groups is 1. The molecule has 0 atom stereocenters. The van der Waals surface area contributed by atoms with E-state index in [1.165, 1.54) is 36.5 Å². The van der Waals surface area contributed by atoms with Crippen molar-refractivity contribution in [3.8, 4) is 0 Å². The Labute approximate surface area is 148 Å². The van der Waals surface area contributed by atoms with Gasteiger partial charge in [-0.3, -0.25) is 14.9 Å². The molecule has 0 N–H and O–H groups in total. The first kappa shape index (κ1) is 17.3. The zero-order chi connectivity index (χ0) is 18.7. The molecule has 2 heterocycles. The van der Waals surface area contributed by atoms with Gasteiger partial charge in [0, 0.05) is 49.9 Å². The first-order valence-corrected chi connectivity index (χ1v) is 7.85. The van der Waals surface area contributed by atoms with Crippen molar-refractivity contribution in [1.29, 1.82) is 0 Å². The maximum atomic E-state index is 12.5. The van der Waals surface area contributed by atoms with Crippen molar-refractivity contribution in [3.05, 3.63) is 68.4 Å². The maximum absolute atomic E-state index is 12.5. The molecule has 1 aromatic carbocycles. The second-order valence-corrected chi connectivity index (χ2v) is 5.71. The first-order chi connectivity index (χ1) is 12.5. The van der Waals surface area contributed by atoms with Gasteiger partial charge in [-0.05, 0) is 28.1 Å². The standard InChI is InChI=1S/C16H15N5O5/c22-16(12-1-3-13(4-2-12)20(23)24)19-9-7-18(8-10-19)14-5-6-15(17-11-14)21(25)26/h1-6,11H,7-10H2. The fourth-order valence-corrected chi connectivity index (χ4v) is 2.75. The first-order valence-electron chi connectivity index (χ1n) is 7.85. The minimum absolute atomic E-state index is 0.0583. The second kappa shape index (κ2) is 7.13. The monoisotopic (exact) mass is 357 g/mol. The molecule has 134 valence electrons. The molecule has 0 saturated carbocycles. The molecular weight excluding hydrogens is 342 g/mol. The van der Waals surface area contributed by atoms with E-state index < -0.39 is 9.85 Å². The molecule has 1 aliphatic heterocycles. The fraction of sp³-hybridized carbons (Fsp3) is 0.250. The lowest BCUT2D eigenvalue weighted by atomic mass is 10.1. The highest BCUT2D eigenvalue weighted by Crippen LogP contribution is 2.19. The number of nitro groups is 2. The van der Waals surface area contributed by atoms with Crippen LogP contribution in [0.1, 0.15) is 10.4 Å². The number of benzene rings is 1. The molecule has 0 radical (unpaired) electrons. The average molecular weight is 357 g/mol. The minimum atomic E-state index is -0.551. The van der Waals surface area contributed by atoms with Gasteiger partial charge in [-0.2, -0.15) is 0 Å². The van der Waals surface area contributed by atoms with Crippen LogP contribution in [0, 0.1) is 20.2 Å². The predicted octanol–water partition coefficient (Wildman–Crippen LogP) is 1.86. The Morgan fingerprint density at radius 3 is 2.08 bits per heavy atom. The number of hydrogen-bond donors (Lipinski definition) is 0. The molecule has 0 bridgehead atoms. The van der Waals surface area contributed by atoms with Crippen molar-refractivity contribution in [2.45, 2.75) is 0 Å². The lowest BCUT2D eigenvalue weighted by Crippen LogP contribution is -2.48. The van der Waals surface area contributed by atoms with Crippen molar-refractivity contribution in [1.82, 2.24) is 9.88 Å². The van der Waals surface area contributed by atoms with Crippen LogP contribution in [0.5, 0.6) is 0 Å². The third-order valence-corrected chi connectivity index (χ3v) is 4.18. The summed E-state index contributed by atoms with van der Waals surface area (Å²) in [6.07, 6.45) is 1.45. The fourth-order valence-electron chi connectivity index (χ4n) is 2.75. The number of amides is 1. The van der Waals surface area contributed by atoms with Crippen molar-refractivity contribution < 1.29 is 14.6 Å². The molecular formula is C16H15N5O5. The van der Waals surface area contributed by atoms with Gasteiger partial charge in [0.1, 0.15) is 0 Å². The quantitative estimate of drug-likeness (QED) is 0.604. The minimum Gasteiger partial charge on any atom is -0.365 e. The summed E-state index contributed by atoms with van der Waals surface area (Å²) in [6, 6.07) is 8.51. The Morgan fingerprint density at radius 2 is 1.58 bits per heavy atom. The summed E-state index contributed by atoms with van der Waals surface area (Å²) in [5, 5.41) is 21.3. The highest BCUT2D eigenvalue weighted by atomic mass is 16.6. The number of rotatable bonds is 4. The zero-order valence-corrected chi connectivity index (χ0v) is 13.6. The maximum Gasteiger partial charge on any atom is 0.363 e. The van der Waals surface area contributed by atoms with Crippen molar-refractivity contribution >= 4 is 23.1 Å². The van der Waals surface area contributed by atoms with Gasteiger partial charge in [-0.25, -0.2) is 0 Å². The van der Waals surface area contributed by atoms with Gasteiger partial charge in [-0.1, -0.05) is 0 Å². The van der Waals surface area contributed by atoms with Crippen molar-refractivity contribution in [3.63, 3.8) is 0 Å². The van der Waals surface area contributed by atoms with Gasteiger partial charge in [-0.15, -0.1) is 0 Å². The van der Waals surface area contributed by atoms with Gasteiger partial charge in [0.25, 0.3) is 11.6 Å². The molecule has 3 rings (SSSR count). The molecule has 1 aliphatic rings. The van der Waals surface area contributed by atoms with E-state index in [1.807, 2.05) is 4.90 Å². The normalized spacial score (nSPS) is 14.2. The number of non-ortho nitro benzene ring substituents is 1. The highest BCUT2D eigenvalue weighted by Gasteiger charge is 2.23. The number of anilines is 1. The molecule has 1 fully saturated rings. The van der Waals surface area contributed by atoms with Crippen LogP contribution in [0.3, 0.4) is 0 Å². The lowest BCUT2D eigenvalue weighted by Gasteiger charge is -2.35. The molecule has 0 aliphatic carbocycles. The summed E-state index contributed by atoms with van der Waals surface area (Å²) in [5.41, 5.74) is 1.11. The van der Waals surface area contributed by atoms with Crippen LogP contribution in [0.25, 0.3) is 0 Å². The molecule has 0 unspecified atom stereocenters. The summed E-state index contributed by atoms with van der Waals surface area (Å²) in [5.74, 6) is -0.387. The van der Waals surface area contributed by atoms with Gasteiger partial charge in [0.2, 0.25) is 0 Å². The Balaban J connectivity index is 1.61. The molecule has 0 spiro atoms. The van der Waals surface area contributed by atoms with Crippen molar-refractivity contribution in [2.75, 3.05) is 31.1 Å². The average Bonchev–Trinajstić information content (AvgIpc) is 2.67. The van der Waals surface area contributed by atoms with Gasteiger partial charge < -0.3 is 19.9 Å². The Bertz CT molecular complexity index is 829. The number of pyridine rings is 1. The van der Waals surface area contributed by atoms with E-state index in [4.69, 9.17) is 0 Å².